The van der Waals surface area contributed by atoms with Crippen LogP contribution in [-0.2, 0) is 21.8 Å². The second kappa shape index (κ2) is 10.7. The van der Waals surface area contributed by atoms with Crippen LogP contribution in [0.3, 0.4) is 0 Å². The summed E-state index contributed by atoms with van der Waals surface area (Å²) >= 11 is 0. The van der Waals surface area contributed by atoms with Gasteiger partial charge in [-0.15, -0.1) is 0 Å². The monoisotopic (exact) mass is 525 g/mol. The highest BCUT2D eigenvalue weighted by molar-refractivity contribution is 7.89. The van der Waals surface area contributed by atoms with Crippen LogP contribution < -0.4 is 10.2 Å². The molecular weight excluding hydrogens is 494 g/mol. The summed E-state index contributed by atoms with van der Waals surface area (Å²) in [6.45, 7) is 7.65. The molecule has 1 N–H and O–H groups in total. The van der Waals surface area contributed by atoms with E-state index in [1.807, 2.05) is 12.1 Å². The average molecular weight is 526 g/mol. The number of hydrogen-bond acceptors (Lipinski definition) is 7. The Kier molecular flexibility index (Phi) is 7.65. The van der Waals surface area contributed by atoms with Crippen LogP contribution in [0, 0.1) is 13.8 Å². The predicted octanol–water partition coefficient (Wildman–Crippen LogP) is 2.98. The number of hydrogen-bond donors (Lipinski definition) is 1. The molecule has 0 bridgehead atoms. The smallest absolute Gasteiger partial charge is 0.338 e. The standard InChI is InChI=1S/C26H31N5O5S/c1-5-36-26(33)20-9-7-10-21(16-20)27-24(32)22-17-29(4)28-25(22)37(34,35)31-14-12-30(13-15-31)23-11-6-8-18(2)19(23)3/h6-11,16-17H,5,12-15H2,1-4H3,(H,27,32). The van der Waals surface area contributed by atoms with Gasteiger partial charge >= 0.3 is 5.97 Å². The van der Waals surface area contributed by atoms with E-state index in [0.29, 0.717) is 18.8 Å². The van der Waals surface area contributed by atoms with Gasteiger partial charge in [0.15, 0.2) is 0 Å². The SMILES string of the molecule is CCOC(=O)c1cccc(NC(=O)c2cn(C)nc2S(=O)(=O)N2CCN(c3cccc(C)c3C)CC2)c1. The Morgan fingerprint density at radius 3 is 2.46 bits per heavy atom. The first-order valence-corrected chi connectivity index (χ1v) is 13.5. The van der Waals surface area contributed by atoms with E-state index in [-0.39, 0.29) is 35.8 Å². The second-order valence-electron chi connectivity index (χ2n) is 8.89. The average Bonchev–Trinajstić information content (AvgIpc) is 3.29. The first-order valence-electron chi connectivity index (χ1n) is 12.0. The van der Waals surface area contributed by atoms with Crippen LogP contribution in [0.4, 0.5) is 11.4 Å². The number of aryl methyl sites for hydroxylation is 2. The maximum absolute atomic E-state index is 13.5. The number of aromatic nitrogens is 2. The molecule has 4 rings (SSSR count). The van der Waals surface area contributed by atoms with Gasteiger partial charge < -0.3 is 15.0 Å². The van der Waals surface area contributed by atoms with Gasteiger partial charge in [0, 0.05) is 50.8 Å². The van der Waals surface area contributed by atoms with Gasteiger partial charge in [0.05, 0.1) is 17.7 Å². The number of carbonyl (C=O) groups excluding carboxylic acids is 2. The van der Waals surface area contributed by atoms with Crippen LogP contribution >= 0.6 is 0 Å². The number of nitrogens with one attached hydrogen (secondary N) is 1. The van der Waals surface area contributed by atoms with Crippen molar-refractivity contribution in [3.05, 3.63) is 70.9 Å². The second-order valence-corrected chi connectivity index (χ2v) is 10.7. The summed E-state index contributed by atoms with van der Waals surface area (Å²) in [7, 11) is -2.46. The molecule has 0 unspecified atom stereocenters. The molecule has 1 aliphatic heterocycles. The van der Waals surface area contributed by atoms with Crippen LogP contribution in [0.1, 0.15) is 38.8 Å². The Morgan fingerprint density at radius 2 is 1.76 bits per heavy atom. The van der Waals surface area contributed by atoms with Crippen molar-refractivity contribution in [1.29, 1.82) is 0 Å². The Bertz CT molecular complexity index is 1420. The molecule has 0 aliphatic carbocycles. The third-order valence-electron chi connectivity index (χ3n) is 6.41. The highest BCUT2D eigenvalue weighted by Crippen LogP contribution is 2.26. The highest BCUT2D eigenvalue weighted by Gasteiger charge is 2.35. The summed E-state index contributed by atoms with van der Waals surface area (Å²) in [5.41, 5.74) is 4.00. The molecule has 0 radical (unpaired) electrons. The number of amides is 1. The zero-order chi connectivity index (χ0) is 26.7. The fourth-order valence-corrected chi connectivity index (χ4v) is 5.86. The molecule has 37 heavy (non-hydrogen) atoms. The molecule has 2 heterocycles. The Hall–Kier alpha value is -3.70. The maximum atomic E-state index is 13.5. The van der Waals surface area contributed by atoms with E-state index in [0.717, 1.165) is 5.69 Å². The van der Waals surface area contributed by atoms with Crippen LogP contribution in [0.25, 0.3) is 0 Å². The number of ether oxygens (including phenoxy) is 1. The largest absolute Gasteiger partial charge is 0.462 e. The van der Waals surface area contributed by atoms with Crippen LogP contribution in [0.2, 0.25) is 0 Å². The van der Waals surface area contributed by atoms with E-state index in [9.17, 15) is 18.0 Å². The van der Waals surface area contributed by atoms with Crippen molar-refractivity contribution in [1.82, 2.24) is 14.1 Å². The molecular formula is C26H31N5O5S. The number of carbonyl (C=O) groups is 2. The summed E-state index contributed by atoms with van der Waals surface area (Å²) in [6, 6.07) is 12.4. The van der Waals surface area contributed by atoms with Crippen molar-refractivity contribution < 1.29 is 22.7 Å². The van der Waals surface area contributed by atoms with Crippen LogP contribution in [0.15, 0.2) is 53.7 Å². The zero-order valence-electron chi connectivity index (χ0n) is 21.4. The molecule has 2 aromatic carbocycles. The van der Waals surface area contributed by atoms with Gasteiger partial charge in [-0.05, 0) is 56.2 Å². The minimum Gasteiger partial charge on any atom is -0.462 e. The molecule has 1 aliphatic rings. The number of nitrogens with zero attached hydrogens (tertiary/aromatic N) is 4. The molecule has 3 aromatic rings. The number of benzene rings is 2. The molecule has 0 atom stereocenters. The lowest BCUT2D eigenvalue weighted by atomic mass is 10.1. The lowest BCUT2D eigenvalue weighted by molar-refractivity contribution is 0.0526. The van der Waals surface area contributed by atoms with E-state index in [2.05, 4.69) is 35.2 Å². The fourth-order valence-electron chi connectivity index (χ4n) is 4.32. The van der Waals surface area contributed by atoms with Crippen molar-refractivity contribution in [2.24, 2.45) is 7.05 Å². The molecule has 0 spiro atoms. The van der Waals surface area contributed by atoms with Crippen LogP contribution in [0.5, 0.6) is 0 Å². The van der Waals surface area contributed by atoms with Gasteiger partial charge in [0.2, 0.25) is 5.03 Å². The van der Waals surface area contributed by atoms with Gasteiger partial charge in [-0.1, -0.05) is 18.2 Å². The van der Waals surface area contributed by atoms with Gasteiger partial charge in [-0.3, -0.25) is 9.48 Å². The quantitative estimate of drug-likeness (QED) is 0.472. The third kappa shape index (κ3) is 5.52. The van der Waals surface area contributed by atoms with E-state index >= 15 is 0 Å². The predicted molar refractivity (Wildman–Crippen MR) is 140 cm³/mol. The highest BCUT2D eigenvalue weighted by atomic mass is 32.2. The van der Waals surface area contributed by atoms with Crippen molar-refractivity contribution in [3.63, 3.8) is 0 Å². The van der Waals surface area contributed by atoms with E-state index in [4.69, 9.17) is 4.74 Å². The number of rotatable bonds is 7. The molecule has 1 saturated heterocycles. The summed E-state index contributed by atoms with van der Waals surface area (Å²) in [5.74, 6) is -1.15. The van der Waals surface area contributed by atoms with Gasteiger partial charge in [0.1, 0.15) is 0 Å². The minimum absolute atomic E-state index is 0.0685. The first-order chi connectivity index (χ1) is 17.6. The number of piperazine rings is 1. The maximum Gasteiger partial charge on any atom is 0.338 e. The van der Waals surface area contributed by atoms with E-state index < -0.39 is 21.9 Å². The van der Waals surface area contributed by atoms with Crippen molar-refractivity contribution in [2.45, 2.75) is 25.8 Å². The number of sulfonamides is 1. The molecule has 10 nitrogen and oxygen atoms in total. The molecule has 1 fully saturated rings. The Labute approximate surface area is 216 Å². The number of anilines is 2. The zero-order valence-corrected chi connectivity index (χ0v) is 22.2. The fraction of sp³-hybridized carbons (Fsp3) is 0.346. The third-order valence-corrected chi connectivity index (χ3v) is 8.25. The lowest BCUT2D eigenvalue weighted by Gasteiger charge is -2.36. The molecule has 0 saturated carbocycles. The van der Waals surface area contributed by atoms with Gasteiger partial charge in [-0.25, -0.2) is 13.2 Å². The van der Waals surface area contributed by atoms with E-state index in [1.165, 1.54) is 32.4 Å². The topological polar surface area (TPSA) is 114 Å². The summed E-state index contributed by atoms with van der Waals surface area (Å²) in [4.78, 5) is 27.3. The Morgan fingerprint density at radius 1 is 1.05 bits per heavy atom. The van der Waals surface area contributed by atoms with Crippen molar-refractivity contribution >= 4 is 33.3 Å². The molecule has 196 valence electrons. The summed E-state index contributed by atoms with van der Waals surface area (Å²) < 4.78 is 34.8. The van der Waals surface area contributed by atoms with Crippen molar-refractivity contribution in [3.8, 4) is 0 Å². The molecule has 1 amide bonds. The normalized spacial score (nSPS) is 14.4. The van der Waals surface area contributed by atoms with Gasteiger partial charge in [-0.2, -0.15) is 9.40 Å². The minimum atomic E-state index is -4.02. The van der Waals surface area contributed by atoms with E-state index in [1.54, 1.807) is 32.2 Å². The van der Waals surface area contributed by atoms with Crippen molar-refractivity contribution in [2.75, 3.05) is 43.0 Å². The van der Waals surface area contributed by atoms with Gasteiger partial charge in [0.25, 0.3) is 15.9 Å². The first kappa shape index (κ1) is 26.4. The molecule has 1 aromatic heterocycles. The Balaban J connectivity index is 1.52. The molecule has 11 heteroatoms. The van der Waals surface area contributed by atoms with Crippen LogP contribution in [-0.4, -0.2) is 67.2 Å². The summed E-state index contributed by atoms with van der Waals surface area (Å²) in [5, 5.41) is 6.51. The lowest BCUT2D eigenvalue weighted by Crippen LogP contribution is -2.49. The summed E-state index contributed by atoms with van der Waals surface area (Å²) in [6.07, 6.45) is 1.38. The number of esters is 1.